The van der Waals surface area contributed by atoms with Gasteiger partial charge in [-0.15, -0.1) is 0 Å². The second-order valence-electron chi connectivity index (χ2n) is 5.18. The molecule has 0 heterocycles. The van der Waals surface area contributed by atoms with E-state index in [0.29, 0.717) is 6.42 Å². The van der Waals surface area contributed by atoms with Crippen molar-refractivity contribution in [3.63, 3.8) is 0 Å². The van der Waals surface area contributed by atoms with E-state index in [4.69, 9.17) is 5.11 Å². The van der Waals surface area contributed by atoms with Crippen molar-refractivity contribution in [3.05, 3.63) is 34.3 Å². The summed E-state index contributed by atoms with van der Waals surface area (Å²) in [6, 6.07) is 8.07. The molecule has 19 heavy (non-hydrogen) atoms. The molecule has 0 bridgehead atoms. The first kappa shape index (κ1) is 14.5. The molecule has 1 atom stereocenters. The molecule has 1 amide bonds. The summed E-state index contributed by atoms with van der Waals surface area (Å²) in [5.74, 6) is 0.107. The van der Waals surface area contributed by atoms with Crippen molar-refractivity contribution in [2.75, 3.05) is 6.61 Å². The molecule has 1 aliphatic carbocycles. The normalized spacial score (nSPS) is 17.8. The Morgan fingerprint density at radius 3 is 2.53 bits per heavy atom. The van der Waals surface area contributed by atoms with Gasteiger partial charge in [-0.3, -0.25) is 4.79 Å². The highest BCUT2D eigenvalue weighted by Crippen LogP contribution is 2.48. The summed E-state index contributed by atoms with van der Waals surface area (Å²) < 4.78 is 1.03. The molecule has 1 aliphatic rings. The van der Waals surface area contributed by atoms with E-state index in [1.807, 2.05) is 31.2 Å². The molecule has 0 radical (unpaired) electrons. The first-order valence-corrected chi connectivity index (χ1v) is 7.59. The van der Waals surface area contributed by atoms with Gasteiger partial charge in [-0.05, 0) is 43.4 Å². The number of nitrogens with one attached hydrogen (secondary N) is 1. The summed E-state index contributed by atoms with van der Waals surface area (Å²) in [6.45, 7) is 2.14. The van der Waals surface area contributed by atoms with Crippen LogP contribution in [0.1, 0.15) is 38.2 Å². The minimum Gasteiger partial charge on any atom is -0.396 e. The summed E-state index contributed by atoms with van der Waals surface area (Å²) in [6.07, 6.45) is 3.30. The van der Waals surface area contributed by atoms with E-state index in [-0.39, 0.29) is 24.0 Å². The molecule has 104 valence electrons. The van der Waals surface area contributed by atoms with Gasteiger partial charge in [0.25, 0.3) is 0 Å². The van der Waals surface area contributed by atoms with E-state index in [2.05, 4.69) is 21.2 Å². The van der Waals surface area contributed by atoms with Crippen LogP contribution in [0, 0.1) is 0 Å². The Labute approximate surface area is 122 Å². The fourth-order valence-corrected chi connectivity index (χ4v) is 2.66. The van der Waals surface area contributed by atoms with Crippen LogP contribution in [0.2, 0.25) is 0 Å². The summed E-state index contributed by atoms with van der Waals surface area (Å²) in [5.41, 5.74) is 0.760. The van der Waals surface area contributed by atoms with Crippen LogP contribution in [-0.4, -0.2) is 23.7 Å². The lowest BCUT2D eigenvalue weighted by atomic mass is 9.94. The molecule has 0 spiro atoms. The van der Waals surface area contributed by atoms with Crippen LogP contribution in [0.4, 0.5) is 0 Å². The van der Waals surface area contributed by atoms with Crippen molar-refractivity contribution in [3.8, 4) is 0 Å². The maximum absolute atomic E-state index is 12.5. The molecule has 0 saturated heterocycles. The van der Waals surface area contributed by atoms with Crippen LogP contribution in [-0.2, 0) is 10.2 Å². The maximum atomic E-state index is 12.5. The fraction of sp³-hybridized carbons (Fsp3) is 0.533. The van der Waals surface area contributed by atoms with Gasteiger partial charge >= 0.3 is 0 Å². The van der Waals surface area contributed by atoms with E-state index >= 15 is 0 Å². The molecule has 0 aromatic heterocycles. The fourth-order valence-electron chi connectivity index (χ4n) is 2.40. The zero-order chi connectivity index (χ0) is 13.9. The van der Waals surface area contributed by atoms with E-state index in [1.165, 1.54) is 0 Å². The molecule has 3 nitrogen and oxygen atoms in total. The number of rotatable bonds is 6. The number of amides is 1. The number of hydrogen-bond acceptors (Lipinski definition) is 2. The monoisotopic (exact) mass is 325 g/mol. The Hall–Kier alpha value is -0.870. The topological polar surface area (TPSA) is 49.3 Å². The van der Waals surface area contributed by atoms with E-state index in [9.17, 15) is 4.79 Å². The third kappa shape index (κ3) is 3.18. The Bertz CT molecular complexity index is 440. The van der Waals surface area contributed by atoms with Gasteiger partial charge in [0.15, 0.2) is 0 Å². The smallest absolute Gasteiger partial charge is 0.230 e. The molecular formula is C15H20BrNO2. The number of aliphatic hydroxyl groups is 1. The highest BCUT2D eigenvalue weighted by Gasteiger charge is 2.51. The SMILES string of the molecule is CCC(CCO)NC(=O)C1(c2ccc(Br)cc2)CC1. The average Bonchev–Trinajstić information content (AvgIpc) is 3.20. The highest BCUT2D eigenvalue weighted by molar-refractivity contribution is 9.10. The number of carbonyl (C=O) groups is 1. The zero-order valence-corrected chi connectivity index (χ0v) is 12.7. The predicted octanol–water partition coefficient (Wildman–Crippen LogP) is 2.76. The molecule has 2 rings (SSSR count). The second kappa shape index (κ2) is 6.06. The van der Waals surface area contributed by atoms with Gasteiger partial charge < -0.3 is 10.4 Å². The standard InChI is InChI=1S/C15H20BrNO2/c1-2-13(7-10-18)17-14(19)15(8-9-15)11-3-5-12(16)6-4-11/h3-6,13,18H,2,7-10H2,1H3,(H,17,19). The summed E-state index contributed by atoms with van der Waals surface area (Å²) in [5, 5.41) is 12.1. The average molecular weight is 326 g/mol. The number of aliphatic hydroxyl groups excluding tert-OH is 1. The van der Waals surface area contributed by atoms with Crippen LogP contribution in [0.3, 0.4) is 0 Å². The van der Waals surface area contributed by atoms with Crippen molar-refractivity contribution >= 4 is 21.8 Å². The van der Waals surface area contributed by atoms with Gasteiger partial charge in [0, 0.05) is 17.1 Å². The summed E-state index contributed by atoms with van der Waals surface area (Å²) >= 11 is 3.41. The van der Waals surface area contributed by atoms with Gasteiger partial charge in [0.2, 0.25) is 5.91 Å². The zero-order valence-electron chi connectivity index (χ0n) is 11.2. The lowest BCUT2D eigenvalue weighted by Gasteiger charge is -2.21. The number of carbonyl (C=O) groups excluding carboxylic acids is 1. The van der Waals surface area contributed by atoms with E-state index in [1.54, 1.807) is 0 Å². The summed E-state index contributed by atoms with van der Waals surface area (Å²) in [4.78, 5) is 12.5. The van der Waals surface area contributed by atoms with Crippen LogP contribution in [0.25, 0.3) is 0 Å². The van der Waals surface area contributed by atoms with Crippen molar-refractivity contribution < 1.29 is 9.90 Å². The van der Waals surface area contributed by atoms with Gasteiger partial charge in [-0.25, -0.2) is 0 Å². The Morgan fingerprint density at radius 1 is 1.42 bits per heavy atom. The highest BCUT2D eigenvalue weighted by atomic mass is 79.9. The molecule has 1 aromatic rings. The molecule has 1 saturated carbocycles. The first-order chi connectivity index (χ1) is 9.12. The minimum atomic E-state index is -0.330. The maximum Gasteiger partial charge on any atom is 0.230 e. The number of benzene rings is 1. The van der Waals surface area contributed by atoms with Crippen LogP contribution < -0.4 is 5.32 Å². The van der Waals surface area contributed by atoms with Gasteiger partial charge in [0.05, 0.1) is 5.41 Å². The third-order valence-corrected chi connectivity index (χ3v) is 4.42. The molecule has 0 aliphatic heterocycles. The Kier molecular flexibility index (Phi) is 4.63. The van der Waals surface area contributed by atoms with Gasteiger partial charge in [-0.2, -0.15) is 0 Å². The lowest BCUT2D eigenvalue weighted by molar-refractivity contribution is -0.124. The van der Waals surface area contributed by atoms with E-state index in [0.717, 1.165) is 29.3 Å². The molecular weight excluding hydrogens is 306 g/mol. The van der Waals surface area contributed by atoms with Crippen LogP contribution >= 0.6 is 15.9 Å². The predicted molar refractivity (Wildman–Crippen MR) is 79.0 cm³/mol. The van der Waals surface area contributed by atoms with Crippen molar-refractivity contribution in [2.45, 2.75) is 44.1 Å². The third-order valence-electron chi connectivity index (χ3n) is 3.89. The second-order valence-corrected chi connectivity index (χ2v) is 6.10. The molecule has 1 fully saturated rings. The summed E-state index contributed by atoms with van der Waals surface area (Å²) in [7, 11) is 0. The van der Waals surface area contributed by atoms with Crippen LogP contribution in [0.15, 0.2) is 28.7 Å². The Morgan fingerprint density at radius 2 is 2.05 bits per heavy atom. The Balaban J connectivity index is 2.07. The molecule has 1 unspecified atom stereocenters. The number of hydrogen-bond donors (Lipinski definition) is 2. The van der Waals surface area contributed by atoms with Gasteiger partial charge in [0.1, 0.15) is 0 Å². The largest absolute Gasteiger partial charge is 0.396 e. The van der Waals surface area contributed by atoms with Crippen LogP contribution in [0.5, 0.6) is 0 Å². The quantitative estimate of drug-likeness (QED) is 0.844. The number of halogens is 1. The minimum absolute atomic E-state index is 0.0745. The van der Waals surface area contributed by atoms with Gasteiger partial charge in [-0.1, -0.05) is 35.0 Å². The molecule has 2 N–H and O–H groups in total. The first-order valence-electron chi connectivity index (χ1n) is 6.80. The van der Waals surface area contributed by atoms with E-state index < -0.39 is 0 Å². The van der Waals surface area contributed by atoms with Crippen molar-refractivity contribution in [1.29, 1.82) is 0 Å². The lowest BCUT2D eigenvalue weighted by Crippen LogP contribution is -2.41. The van der Waals surface area contributed by atoms with Crippen molar-refractivity contribution in [1.82, 2.24) is 5.32 Å². The molecule has 4 heteroatoms. The van der Waals surface area contributed by atoms with Crippen molar-refractivity contribution in [2.24, 2.45) is 0 Å². The molecule has 1 aromatic carbocycles.